The van der Waals surface area contributed by atoms with Crippen LogP contribution in [0.4, 0.5) is 0 Å². The molecular formula is C31H25NO4. The SMILES string of the molecule is Oc1ccc(C(c2ccc(O)cc2)c2ccc(C(c3ccc(O)cc3)c3ccc(O)cn3)cc2)cc1. The van der Waals surface area contributed by atoms with Crippen LogP contribution in [0, 0.1) is 0 Å². The fourth-order valence-corrected chi connectivity index (χ4v) is 4.56. The van der Waals surface area contributed by atoms with Crippen LogP contribution in [0.1, 0.15) is 45.3 Å². The fraction of sp³-hybridized carbons (Fsp3) is 0.0645. The zero-order valence-corrected chi connectivity index (χ0v) is 19.4. The number of phenols is 3. The minimum atomic E-state index is -0.193. The molecule has 5 aromatic rings. The summed E-state index contributed by atoms with van der Waals surface area (Å²) in [5, 5.41) is 39.1. The van der Waals surface area contributed by atoms with Gasteiger partial charge in [0.15, 0.2) is 0 Å². The molecule has 0 amide bonds. The molecule has 0 aliphatic carbocycles. The molecule has 5 heteroatoms. The summed E-state index contributed by atoms with van der Waals surface area (Å²) in [5.41, 5.74) is 5.84. The van der Waals surface area contributed by atoms with Gasteiger partial charge in [-0.3, -0.25) is 4.98 Å². The molecule has 0 bridgehead atoms. The zero-order chi connectivity index (χ0) is 25.1. The van der Waals surface area contributed by atoms with E-state index in [2.05, 4.69) is 29.2 Å². The van der Waals surface area contributed by atoms with E-state index in [1.54, 1.807) is 48.5 Å². The summed E-state index contributed by atoms with van der Waals surface area (Å²) in [4.78, 5) is 4.46. The Bertz CT molecular complexity index is 1220. The number of benzene rings is 4. The van der Waals surface area contributed by atoms with Gasteiger partial charge in [0.05, 0.1) is 17.8 Å². The van der Waals surface area contributed by atoms with Crippen LogP contribution in [0.5, 0.6) is 23.0 Å². The van der Waals surface area contributed by atoms with Gasteiger partial charge in [0.2, 0.25) is 0 Å². The Morgan fingerprint density at radius 2 is 0.667 bits per heavy atom. The summed E-state index contributed by atoms with van der Waals surface area (Å²) in [6.45, 7) is 0. The highest BCUT2D eigenvalue weighted by molar-refractivity contribution is 5.48. The van der Waals surface area contributed by atoms with Crippen molar-refractivity contribution < 1.29 is 20.4 Å². The maximum atomic E-state index is 9.79. The first-order chi connectivity index (χ1) is 17.5. The summed E-state index contributed by atoms with van der Waals surface area (Å²) >= 11 is 0. The van der Waals surface area contributed by atoms with Crippen molar-refractivity contribution in [2.45, 2.75) is 11.8 Å². The standard InChI is InChI=1S/C31H25NO4/c33-25-11-5-21(6-12-25)30(22-7-13-26(34)14-8-22)20-1-3-23(4-2-20)31(24-9-15-27(35)16-10-24)29-18-17-28(36)19-32-29/h1-19,30-31,33-36H. The van der Waals surface area contributed by atoms with Crippen molar-refractivity contribution in [3.63, 3.8) is 0 Å². The molecule has 4 aromatic carbocycles. The van der Waals surface area contributed by atoms with Gasteiger partial charge in [-0.25, -0.2) is 0 Å². The number of hydrogen-bond acceptors (Lipinski definition) is 5. The van der Waals surface area contributed by atoms with E-state index in [1.165, 1.54) is 6.20 Å². The van der Waals surface area contributed by atoms with Gasteiger partial charge in [-0.1, -0.05) is 60.7 Å². The van der Waals surface area contributed by atoms with E-state index in [4.69, 9.17) is 0 Å². The normalized spacial score (nSPS) is 11.9. The van der Waals surface area contributed by atoms with Crippen LogP contribution in [0.25, 0.3) is 0 Å². The molecule has 0 aliphatic heterocycles. The first-order valence-corrected chi connectivity index (χ1v) is 11.6. The molecule has 1 aromatic heterocycles. The van der Waals surface area contributed by atoms with E-state index in [9.17, 15) is 20.4 Å². The molecule has 1 heterocycles. The molecule has 0 aliphatic rings. The molecule has 4 N–H and O–H groups in total. The van der Waals surface area contributed by atoms with Gasteiger partial charge in [-0.15, -0.1) is 0 Å². The molecule has 0 spiro atoms. The van der Waals surface area contributed by atoms with Crippen molar-refractivity contribution in [3.8, 4) is 23.0 Å². The minimum absolute atomic E-state index is 0.0980. The highest BCUT2D eigenvalue weighted by Gasteiger charge is 2.21. The van der Waals surface area contributed by atoms with Crippen molar-refractivity contribution >= 4 is 0 Å². The van der Waals surface area contributed by atoms with Gasteiger partial charge >= 0.3 is 0 Å². The maximum Gasteiger partial charge on any atom is 0.133 e. The molecule has 0 saturated heterocycles. The molecule has 0 saturated carbocycles. The smallest absolute Gasteiger partial charge is 0.133 e. The number of pyridine rings is 1. The van der Waals surface area contributed by atoms with Gasteiger partial charge in [0, 0.05) is 5.92 Å². The molecule has 36 heavy (non-hydrogen) atoms. The Kier molecular flexibility index (Phi) is 6.29. The first-order valence-electron chi connectivity index (χ1n) is 11.6. The Balaban J connectivity index is 1.57. The van der Waals surface area contributed by atoms with Crippen LogP contribution in [-0.2, 0) is 0 Å². The first kappa shape index (κ1) is 23.0. The molecule has 5 rings (SSSR count). The van der Waals surface area contributed by atoms with Gasteiger partial charge in [-0.05, 0) is 76.3 Å². The van der Waals surface area contributed by atoms with E-state index in [0.717, 1.165) is 33.5 Å². The molecule has 0 radical (unpaired) electrons. The van der Waals surface area contributed by atoms with Crippen molar-refractivity contribution in [3.05, 3.63) is 149 Å². The third kappa shape index (κ3) is 4.86. The topological polar surface area (TPSA) is 93.8 Å². The molecule has 178 valence electrons. The van der Waals surface area contributed by atoms with E-state index < -0.39 is 0 Å². The molecule has 1 atom stereocenters. The predicted octanol–water partition coefficient (Wildman–Crippen LogP) is 6.26. The van der Waals surface area contributed by atoms with Gasteiger partial charge in [0.25, 0.3) is 0 Å². The second-order valence-electron chi connectivity index (χ2n) is 8.75. The van der Waals surface area contributed by atoms with Crippen LogP contribution in [0.2, 0.25) is 0 Å². The van der Waals surface area contributed by atoms with Crippen LogP contribution in [-0.4, -0.2) is 25.4 Å². The van der Waals surface area contributed by atoms with Crippen molar-refractivity contribution in [1.29, 1.82) is 0 Å². The Morgan fingerprint density at radius 1 is 0.361 bits per heavy atom. The zero-order valence-electron chi connectivity index (χ0n) is 19.4. The lowest BCUT2D eigenvalue weighted by Gasteiger charge is -2.22. The monoisotopic (exact) mass is 475 g/mol. The number of nitrogens with zero attached hydrogens (tertiary/aromatic N) is 1. The highest BCUT2D eigenvalue weighted by atomic mass is 16.3. The molecule has 0 fully saturated rings. The Morgan fingerprint density at radius 3 is 1.00 bits per heavy atom. The minimum Gasteiger partial charge on any atom is -0.508 e. The number of aromatic nitrogens is 1. The molecule has 1 unspecified atom stereocenters. The van der Waals surface area contributed by atoms with Crippen LogP contribution >= 0.6 is 0 Å². The molecular weight excluding hydrogens is 450 g/mol. The lowest BCUT2D eigenvalue weighted by Crippen LogP contribution is -2.07. The summed E-state index contributed by atoms with van der Waals surface area (Å²) in [5.74, 6) is 0.412. The van der Waals surface area contributed by atoms with Crippen molar-refractivity contribution in [1.82, 2.24) is 4.98 Å². The number of aromatic hydroxyl groups is 4. The average Bonchev–Trinajstić information content (AvgIpc) is 2.90. The van der Waals surface area contributed by atoms with E-state index in [-0.39, 0.29) is 34.8 Å². The van der Waals surface area contributed by atoms with Crippen molar-refractivity contribution in [2.24, 2.45) is 0 Å². The lowest BCUT2D eigenvalue weighted by molar-refractivity contribution is 0.472. The van der Waals surface area contributed by atoms with Crippen LogP contribution in [0.3, 0.4) is 0 Å². The van der Waals surface area contributed by atoms with E-state index >= 15 is 0 Å². The summed E-state index contributed by atoms with van der Waals surface area (Å²) in [6.07, 6.45) is 1.43. The number of rotatable bonds is 6. The van der Waals surface area contributed by atoms with E-state index in [0.29, 0.717) is 0 Å². The van der Waals surface area contributed by atoms with E-state index in [1.807, 2.05) is 36.4 Å². The van der Waals surface area contributed by atoms with Gasteiger partial charge in [-0.2, -0.15) is 0 Å². The largest absolute Gasteiger partial charge is 0.508 e. The quantitative estimate of drug-likeness (QED) is 0.217. The third-order valence-electron chi connectivity index (χ3n) is 6.35. The number of hydrogen-bond donors (Lipinski definition) is 4. The Labute approximate surface area is 209 Å². The maximum absolute atomic E-state index is 9.79. The second kappa shape index (κ2) is 9.84. The van der Waals surface area contributed by atoms with Gasteiger partial charge in [0.1, 0.15) is 23.0 Å². The second-order valence-corrected chi connectivity index (χ2v) is 8.75. The van der Waals surface area contributed by atoms with Crippen LogP contribution < -0.4 is 0 Å². The predicted molar refractivity (Wildman–Crippen MR) is 139 cm³/mol. The number of phenolic OH excluding ortho intramolecular Hbond substituents is 3. The average molecular weight is 476 g/mol. The third-order valence-corrected chi connectivity index (χ3v) is 6.35. The van der Waals surface area contributed by atoms with Gasteiger partial charge < -0.3 is 20.4 Å². The summed E-state index contributed by atoms with van der Waals surface area (Å²) < 4.78 is 0. The lowest BCUT2D eigenvalue weighted by atomic mass is 9.82. The Hall–Kier alpha value is -4.77. The molecule has 5 nitrogen and oxygen atoms in total. The van der Waals surface area contributed by atoms with Crippen LogP contribution in [0.15, 0.2) is 115 Å². The summed E-state index contributed by atoms with van der Waals surface area (Å²) in [6, 6.07) is 33.1. The highest BCUT2D eigenvalue weighted by Crippen LogP contribution is 2.37. The van der Waals surface area contributed by atoms with Crippen molar-refractivity contribution in [2.75, 3.05) is 0 Å². The summed E-state index contributed by atoms with van der Waals surface area (Å²) in [7, 11) is 0. The fourth-order valence-electron chi connectivity index (χ4n) is 4.56.